The summed E-state index contributed by atoms with van der Waals surface area (Å²) in [6.07, 6.45) is 2.45. The molecule has 1 aromatic rings. The molecule has 0 aliphatic carbocycles. The van der Waals surface area contributed by atoms with Crippen LogP contribution in [0.1, 0.15) is 31.4 Å². The number of rotatable bonds is 4. The number of hydrogen-bond donors (Lipinski definition) is 1. The second-order valence-corrected chi connectivity index (χ2v) is 4.72. The molecule has 2 N–H and O–H groups in total. The van der Waals surface area contributed by atoms with Gasteiger partial charge in [0.05, 0.1) is 0 Å². The van der Waals surface area contributed by atoms with Gasteiger partial charge in [-0.3, -0.25) is 4.90 Å². The predicted molar refractivity (Wildman–Crippen MR) is 75.5 cm³/mol. The van der Waals surface area contributed by atoms with Crippen molar-refractivity contribution in [2.45, 2.75) is 25.8 Å². The van der Waals surface area contributed by atoms with Gasteiger partial charge in [0.2, 0.25) is 0 Å². The summed E-state index contributed by atoms with van der Waals surface area (Å²) in [4.78, 5) is 2.59. The zero-order valence-electron chi connectivity index (χ0n) is 10.5. The average Bonchev–Trinajstić information content (AvgIpc) is 2.80. The molecule has 0 aromatic heterocycles. The van der Waals surface area contributed by atoms with Crippen molar-refractivity contribution in [3.8, 4) is 0 Å². The molecule has 0 radical (unpaired) electrons. The van der Waals surface area contributed by atoms with E-state index in [4.69, 9.17) is 5.73 Å². The summed E-state index contributed by atoms with van der Waals surface area (Å²) in [5.74, 6) is 0.706. The van der Waals surface area contributed by atoms with E-state index in [1.54, 1.807) is 0 Å². The summed E-state index contributed by atoms with van der Waals surface area (Å²) >= 11 is 0. The third-order valence-electron chi connectivity index (χ3n) is 3.66. The van der Waals surface area contributed by atoms with Crippen molar-refractivity contribution in [1.82, 2.24) is 4.90 Å². The lowest BCUT2D eigenvalue weighted by atomic mass is 10.0. The van der Waals surface area contributed by atoms with Gasteiger partial charge in [-0.25, -0.2) is 0 Å². The Hall–Kier alpha value is -0.570. The van der Waals surface area contributed by atoms with E-state index < -0.39 is 0 Å². The Labute approximate surface area is 111 Å². The molecule has 1 fully saturated rings. The van der Waals surface area contributed by atoms with Gasteiger partial charge in [0.15, 0.2) is 0 Å². The van der Waals surface area contributed by atoms with Crippen LogP contribution in [-0.4, -0.2) is 24.5 Å². The molecule has 2 atom stereocenters. The van der Waals surface area contributed by atoms with Gasteiger partial charge in [0.1, 0.15) is 0 Å². The minimum Gasteiger partial charge on any atom is -0.330 e. The molecule has 0 saturated carbocycles. The van der Waals surface area contributed by atoms with E-state index in [1.165, 1.54) is 31.5 Å². The van der Waals surface area contributed by atoms with Crippen molar-refractivity contribution in [2.75, 3.05) is 19.6 Å². The lowest BCUT2D eigenvalue weighted by Crippen LogP contribution is -2.27. The summed E-state index contributed by atoms with van der Waals surface area (Å²) in [5.41, 5.74) is 7.20. The fraction of sp³-hybridized carbons (Fsp3) is 0.571. The molecule has 1 aliphatic heterocycles. The van der Waals surface area contributed by atoms with Gasteiger partial charge in [-0.2, -0.15) is 0 Å². The molecular weight excluding hydrogens is 232 g/mol. The van der Waals surface area contributed by atoms with Gasteiger partial charge in [-0.05, 0) is 37.4 Å². The minimum absolute atomic E-state index is 0. The van der Waals surface area contributed by atoms with Crippen LogP contribution in [0.5, 0.6) is 0 Å². The van der Waals surface area contributed by atoms with Crippen LogP contribution in [0.25, 0.3) is 0 Å². The number of benzene rings is 1. The van der Waals surface area contributed by atoms with E-state index in [-0.39, 0.29) is 12.4 Å². The first-order chi connectivity index (χ1) is 7.85. The van der Waals surface area contributed by atoms with Gasteiger partial charge in [-0.1, -0.05) is 37.3 Å². The van der Waals surface area contributed by atoms with Gasteiger partial charge < -0.3 is 5.73 Å². The van der Waals surface area contributed by atoms with E-state index in [1.807, 2.05) is 0 Å². The van der Waals surface area contributed by atoms with Crippen molar-refractivity contribution in [3.05, 3.63) is 35.9 Å². The fourth-order valence-electron chi connectivity index (χ4n) is 2.72. The standard InChI is InChI=1S/C14H22N2.ClH/c1-2-14(13-6-4-3-5-7-13)16-9-8-12(10-15)11-16;/h3-7,12,14H,2,8-11,15H2,1H3;1H. The molecule has 0 bridgehead atoms. The smallest absolute Gasteiger partial charge is 0.0345 e. The molecule has 1 aromatic carbocycles. The second-order valence-electron chi connectivity index (χ2n) is 4.72. The van der Waals surface area contributed by atoms with Crippen LogP contribution in [0, 0.1) is 5.92 Å². The lowest BCUT2D eigenvalue weighted by molar-refractivity contribution is 0.231. The molecule has 96 valence electrons. The highest BCUT2D eigenvalue weighted by Crippen LogP contribution is 2.29. The van der Waals surface area contributed by atoms with Gasteiger partial charge in [-0.15, -0.1) is 12.4 Å². The summed E-state index contributed by atoms with van der Waals surface area (Å²) in [7, 11) is 0. The van der Waals surface area contributed by atoms with Crippen molar-refractivity contribution in [2.24, 2.45) is 11.7 Å². The highest BCUT2D eigenvalue weighted by Gasteiger charge is 2.27. The van der Waals surface area contributed by atoms with Crippen LogP contribution in [-0.2, 0) is 0 Å². The number of nitrogens with two attached hydrogens (primary N) is 1. The highest BCUT2D eigenvalue weighted by atomic mass is 35.5. The van der Waals surface area contributed by atoms with Crippen LogP contribution in [0.3, 0.4) is 0 Å². The lowest BCUT2D eigenvalue weighted by Gasteiger charge is -2.27. The molecule has 0 spiro atoms. The maximum Gasteiger partial charge on any atom is 0.0345 e. The number of nitrogens with zero attached hydrogens (tertiary/aromatic N) is 1. The van der Waals surface area contributed by atoms with Crippen LogP contribution in [0.15, 0.2) is 30.3 Å². The van der Waals surface area contributed by atoms with E-state index in [2.05, 4.69) is 42.2 Å². The Morgan fingerprint density at radius 3 is 2.59 bits per heavy atom. The van der Waals surface area contributed by atoms with Crippen LogP contribution < -0.4 is 5.73 Å². The fourth-order valence-corrected chi connectivity index (χ4v) is 2.72. The Kier molecular flexibility index (Phi) is 5.96. The molecule has 2 rings (SSSR count). The first-order valence-electron chi connectivity index (χ1n) is 6.34. The number of hydrogen-bond acceptors (Lipinski definition) is 2. The second kappa shape index (κ2) is 7.00. The minimum atomic E-state index is 0. The van der Waals surface area contributed by atoms with E-state index in [9.17, 15) is 0 Å². The maximum atomic E-state index is 5.75. The molecule has 0 amide bonds. The third-order valence-corrected chi connectivity index (χ3v) is 3.66. The van der Waals surface area contributed by atoms with Gasteiger partial charge >= 0.3 is 0 Å². The van der Waals surface area contributed by atoms with Crippen LogP contribution in [0.2, 0.25) is 0 Å². The van der Waals surface area contributed by atoms with E-state index in [0.29, 0.717) is 12.0 Å². The Bertz CT molecular complexity index is 315. The molecule has 2 nitrogen and oxygen atoms in total. The zero-order chi connectivity index (χ0) is 11.4. The normalized spacial score (nSPS) is 22.1. The Balaban J connectivity index is 0.00000144. The molecular formula is C14H23ClN2. The zero-order valence-corrected chi connectivity index (χ0v) is 11.3. The predicted octanol–water partition coefficient (Wildman–Crippen LogP) is 2.84. The van der Waals surface area contributed by atoms with Crippen LogP contribution in [0.4, 0.5) is 0 Å². The Morgan fingerprint density at radius 2 is 2.06 bits per heavy atom. The quantitative estimate of drug-likeness (QED) is 0.895. The molecule has 3 heteroatoms. The topological polar surface area (TPSA) is 29.3 Å². The van der Waals surface area contributed by atoms with Gasteiger partial charge in [0.25, 0.3) is 0 Å². The Morgan fingerprint density at radius 1 is 1.35 bits per heavy atom. The molecule has 1 heterocycles. The van der Waals surface area contributed by atoms with E-state index in [0.717, 1.165) is 6.54 Å². The average molecular weight is 255 g/mol. The number of likely N-dealkylation sites (tertiary alicyclic amines) is 1. The van der Waals surface area contributed by atoms with Crippen molar-refractivity contribution in [3.63, 3.8) is 0 Å². The molecule has 2 unspecified atom stereocenters. The van der Waals surface area contributed by atoms with Crippen molar-refractivity contribution >= 4 is 12.4 Å². The third kappa shape index (κ3) is 3.44. The highest BCUT2D eigenvalue weighted by molar-refractivity contribution is 5.85. The molecule has 1 aliphatic rings. The summed E-state index contributed by atoms with van der Waals surface area (Å²) in [5, 5.41) is 0. The SMILES string of the molecule is CCC(c1ccccc1)N1CCC(CN)C1.Cl. The monoisotopic (exact) mass is 254 g/mol. The van der Waals surface area contributed by atoms with E-state index >= 15 is 0 Å². The largest absolute Gasteiger partial charge is 0.330 e. The summed E-state index contributed by atoms with van der Waals surface area (Å²) in [6.45, 7) is 5.48. The first-order valence-corrected chi connectivity index (χ1v) is 6.34. The summed E-state index contributed by atoms with van der Waals surface area (Å²) in [6, 6.07) is 11.4. The molecule has 1 saturated heterocycles. The first kappa shape index (κ1) is 14.5. The molecule has 17 heavy (non-hydrogen) atoms. The van der Waals surface area contributed by atoms with Crippen molar-refractivity contribution < 1.29 is 0 Å². The number of halogens is 1. The van der Waals surface area contributed by atoms with Crippen LogP contribution >= 0.6 is 12.4 Å². The van der Waals surface area contributed by atoms with Crippen molar-refractivity contribution in [1.29, 1.82) is 0 Å². The summed E-state index contributed by atoms with van der Waals surface area (Å²) < 4.78 is 0. The van der Waals surface area contributed by atoms with Gasteiger partial charge in [0, 0.05) is 12.6 Å². The maximum absolute atomic E-state index is 5.75.